The van der Waals surface area contributed by atoms with Crippen molar-refractivity contribution >= 4 is 28.3 Å². The van der Waals surface area contributed by atoms with Crippen LogP contribution in [0.2, 0.25) is 0 Å². The van der Waals surface area contributed by atoms with E-state index < -0.39 is 0 Å². The van der Waals surface area contributed by atoms with Crippen LogP contribution in [0.5, 0.6) is 0 Å². The summed E-state index contributed by atoms with van der Waals surface area (Å²) in [5.74, 6) is 1.92. The molecule has 0 bridgehead atoms. The number of anilines is 2. The zero-order chi connectivity index (χ0) is 29.2. The molecule has 8 nitrogen and oxygen atoms in total. The van der Waals surface area contributed by atoms with Gasteiger partial charge in [0.25, 0.3) is 0 Å². The molecular weight excluding hydrogens is 524 g/mol. The summed E-state index contributed by atoms with van der Waals surface area (Å²) in [6, 6.07) is 13.4. The van der Waals surface area contributed by atoms with Crippen LogP contribution in [0.3, 0.4) is 0 Å². The van der Waals surface area contributed by atoms with Crippen molar-refractivity contribution < 1.29 is 9.53 Å². The quantitative estimate of drug-likeness (QED) is 0.370. The molecule has 0 aliphatic carbocycles. The van der Waals surface area contributed by atoms with Gasteiger partial charge < -0.3 is 24.4 Å². The van der Waals surface area contributed by atoms with Crippen LogP contribution in [0, 0.1) is 13.8 Å². The standard InChI is InChI=1S/C34H40N6O2/c1-21-9-10-25(34(5)19-42-20-34)15-30(21)39-12-11-28-27(18-39)33(40-14-13-38(24(4)41)17-23(40)3)37-32(36-28)26-7-6-8-29-31(26)22(2)16-35-29/h6-10,15-16,23,35H,11-14,17-20H2,1-5H3/t23-/m1/s1. The summed E-state index contributed by atoms with van der Waals surface area (Å²) in [7, 11) is 0. The lowest BCUT2D eigenvalue weighted by atomic mass is 9.80. The summed E-state index contributed by atoms with van der Waals surface area (Å²) in [6.45, 7) is 15.9. The zero-order valence-corrected chi connectivity index (χ0v) is 25.3. The first kappa shape index (κ1) is 27.0. The second-order valence-corrected chi connectivity index (χ2v) is 12.7. The smallest absolute Gasteiger partial charge is 0.219 e. The van der Waals surface area contributed by atoms with Gasteiger partial charge in [-0.3, -0.25) is 4.79 Å². The molecule has 0 unspecified atom stereocenters. The predicted octanol–water partition coefficient (Wildman–Crippen LogP) is 5.15. The summed E-state index contributed by atoms with van der Waals surface area (Å²) in [4.78, 5) is 33.1. The molecule has 0 spiro atoms. The molecule has 5 heterocycles. The fourth-order valence-electron chi connectivity index (χ4n) is 6.96. The average Bonchev–Trinajstić information content (AvgIpc) is 3.36. The van der Waals surface area contributed by atoms with E-state index in [0.29, 0.717) is 13.1 Å². The van der Waals surface area contributed by atoms with Gasteiger partial charge >= 0.3 is 0 Å². The predicted molar refractivity (Wildman–Crippen MR) is 167 cm³/mol. The molecule has 2 fully saturated rings. The van der Waals surface area contributed by atoms with Crippen LogP contribution >= 0.6 is 0 Å². The molecule has 2 saturated heterocycles. The van der Waals surface area contributed by atoms with E-state index in [9.17, 15) is 4.79 Å². The molecule has 8 heteroatoms. The van der Waals surface area contributed by atoms with Crippen molar-refractivity contribution in [1.29, 1.82) is 0 Å². The molecular formula is C34H40N6O2. The van der Waals surface area contributed by atoms with Crippen molar-refractivity contribution in [3.63, 3.8) is 0 Å². The van der Waals surface area contributed by atoms with Gasteiger partial charge in [0.05, 0.1) is 18.9 Å². The van der Waals surface area contributed by atoms with Crippen molar-refractivity contribution in [1.82, 2.24) is 19.9 Å². The third kappa shape index (κ3) is 4.44. The number of H-pyrrole nitrogens is 1. The molecule has 1 N–H and O–H groups in total. The Labute approximate surface area is 247 Å². The molecule has 1 atom stereocenters. The lowest BCUT2D eigenvalue weighted by Gasteiger charge is -2.42. The van der Waals surface area contributed by atoms with Gasteiger partial charge in [0.15, 0.2) is 5.82 Å². The van der Waals surface area contributed by atoms with Crippen LogP contribution in [-0.4, -0.2) is 71.2 Å². The number of benzene rings is 2. The minimum absolute atomic E-state index is 0.0858. The Bertz CT molecular complexity index is 1690. The van der Waals surface area contributed by atoms with Crippen LogP contribution in [0.4, 0.5) is 11.5 Å². The van der Waals surface area contributed by atoms with E-state index in [1.807, 2.05) is 4.90 Å². The number of nitrogens with one attached hydrogen (secondary N) is 1. The molecule has 2 aromatic heterocycles. The van der Waals surface area contributed by atoms with Gasteiger partial charge in [0.1, 0.15) is 5.82 Å². The van der Waals surface area contributed by atoms with E-state index in [1.54, 1.807) is 6.92 Å². The molecule has 2 aromatic carbocycles. The first-order valence-electron chi connectivity index (χ1n) is 15.1. The van der Waals surface area contributed by atoms with Gasteiger partial charge in [-0.2, -0.15) is 0 Å². The number of fused-ring (bicyclic) bond motifs is 2. The molecule has 3 aliphatic heterocycles. The molecule has 0 radical (unpaired) electrons. The number of hydrogen-bond acceptors (Lipinski definition) is 6. The summed E-state index contributed by atoms with van der Waals surface area (Å²) in [5, 5.41) is 1.18. The average molecular weight is 565 g/mol. The van der Waals surface area contributed by atoms with Crippen molar-refractivity contribution in [2.45, 2.75) is 59.0 Å². The molecule has 3 aliphatic rings. The Hall–Kier alpha value is -3.91. The van der Waals surface area contributed by atoms with Gasteiger partial charge in [0.2, 0.25) is 5.91 Å². The summed E-state index contributed by atoms with van der Waals surface area (Å²) in [5.41, 5.74) is 9.68. The van der Waals surface area contributed by atoms with Crippen LogP contribution < -0.4 is 9.80 Å². The Morgan fingerprint density at radius 1 is 1.07 bits per heavy atom. The molecule has 1 amide bonds. The number of aromatic nitrogens is 3. The van der Waals surface area contributed by atoms with Crippen LogP contribution in [-0.2, 0) is 27.9 Å². The maximum absolute atomic E-state index is 12.2. The third-order valence-corrected chi connectivity index (χ3v) is 9.62. The van der Waals surface area contributed by atoms with Gasteiger partial charge in [-0.25, -0.2) is 9.97 Å². The number of hydrogen-bond donors (Lipinski definition) is 1. The van der Waals surface area contributed by atoms with E-state index in [2.05, 4.69) is 85.1 Å². The fourth-order valence-corrected chi connectivity index (χ4v) is 6.96. The maximum atomic E-state index is 12.2. The molecule has 4 aromatic rings. The number of piperazine rings is 1. The van der Waals surface area contributed by atoms with Gasteiger partial charge in [-0.1, -0.05) is 31.2 Å². The molecule has 7 rings (SSSR count). The van der Waals surface area contributed by atoms with Crippen LogP contribution in [0.1, 0.15) is 48.7 Å². The number of amides is 1. The number of nitrogens with zero attached hydrogens (tertiary/aromatic N) is 5. The summed E-state index contributed by atoms with van der Waals surface area (Å²) >= 11 is 0. The monoisotopic (exact) mass is 564 g/mol. The van der Waals surface area contributed by atoms with Crippen molar-refractivity contribution in [3.8, 4) is 11.4 Å². The number of aromatic amines is 1. The minimum atomic E-state index is 0.0858. The topological polar surface area (TPSA) is 77.6 Å². The Balaban J connectivity index is 1.32. The SMILES string of the molecule is CC(=O)N1CCN(c2nc(-c3cccc4[nH]cc(C)c34)nc3c2CN(c2cc(C4(C)COC4)ccc2C)CC3)[C@H](C)C1. The van der Waals surface area contributed by atoms with E-state index in [1.165, 1.54) is 33.3 Å². The second-order valence-electron chi connectivity index (χ2n) is 12.7. The van der Waals surface area contributed by atoms with Gasteiger partial charge in [-0.15, -0.1) is 0 Å². The van der Waals surface area contributed by atoms with E-state index >= 15 is 0 Å². The van der Waals surface area contributed by atoms with E-state index in [-0.39, 0.29) is 17.4 Å². The van der Waals surface area contributed by atoms with Gasteiger partial charge in [0, 0.05) is 91.4 Å². The number of rotatable bonds is 4. The first-order valence-corrected chi connectivity index (χ1v) is 15.1. The van der Waals surface area contributed by atoms with Crippen LogP contribution in [0.15, 0.2) is 42.6 Å². The highest BCUT2D eigenvalue weighted by Crippen LogP contribution is 2.39. The van der Waals surface area contributed by atoms with Crippen molar-refractivity contribution in [2.24, 2.45) is 0 Å². The highest BCUT2D eigenvalue weighted by Gasteiger charge is 2.36. The normalized spacial score (nSPS) is 20.0. The summed E-state index contributed by atoms with van der Waals surface area (Å²) < 4.78 is 5.58. The van der Waals surface area contributed by atoms with Gasteiger partial charge in [-0.05, 0) is 49.6 Å². The molecule has 0 saturated carbocycles. The summed E-state index contributed by atoms with van der Waals surface area (Å²) in [6.07, 6.45) is 2.91. The maximum Gasteiger partial charge on any atom is 0.219 e. The highest BCUT2D eigenvalue weighted by molar-refractivity contribution is 5.96. The Kier molecular flexibility index (Phi) is 6.50. The lowest BCUT2D eigenvalue weighted by Crippen LogP contribution is -2.54. The minimum Gasteiger partial charge on any atom is -0.379 e. The lowest BCUT2D eigenvalue weighted by molar-refractivity contribution is -0.129. The van der Waals surface area contributed by atoms with E-state index in [0.717, 1.165) is 67.7 Å². The third-order valence-electron chi connectivity index (χ3n) is 9.62. The zero-order valence-electron chi connectivity index (χ0n) is 25.3. The van der Waals surface area contributed by atoms with Crippen molar-refractivity contribution in [3.05, 3.63) is 70.5 Å². The Morgan fingerprint density at radius 2 is 1.90 bits per heavy atom. The second kappa shape index (κ2) is 10.1. The molecule has 218 valence electrons. The molecule has 42 heavy (non-hydrogen) atoms. The first-order chi connectivity index (χ1) is 20.2. The number of aryl methyl sites for hydroxylation is 2. The Morgan fingerprint density at radius 3 is 2.64 bits per heavy atom. The van der Waals surface area contributed by atoms with Crippen LogP contribution in [0.25, 0.3) is 22.3 Å². The highest BCUT2D eigenvalue weighted by atomic mass is 16.5. The number of carbonyl (C=O) groups is 1. The largest absolute Gasteiger partial charge is 0.379 e. The van der Waals surface area contributed by atoms with E-state index in [4.69, 9.17) is 14.7 Å². The number of ether oxygens (including phenoxy) is 1. The van der Waals surface area contributed by atoms with Crippen molar-refractivity contribution in [2.75, 3.05) is 49.2 Å². The number of carbonyl (C=O) groups excluding carboxylic acids is 1. The fraction of sp³-hybridized carbons (Fsp3) is 0.441.